The van der Waals surface area contributed by atoms with Crippen molar-refractivity contribution >= 4 is 28.2 Å². The second-order valence-electron chi connectivity index (χ2n) is 6.25. The molecule has 2 heterocycles. The Balaban J connectivity index is 1.43. The Morgan fingerprint density at radius 3 is 3.12 bits per heavy atom. The molecule has 0 radical (unpaired) electrons. The Morgan fingerprint density at radius 1 is 1.48 bits per heavy atom. The topological polar surface area (TPSA) is 83.3 Å². The largest absolute Gasteiger partial charge is 0.375 e. The lowest BCUT2D eigenvalue weighted by Gasteiger charge is -2.32. The zero-order valence-corrected chi connectivity index (χ0v) is 14.7. The van der Waals surface area contributed by atoms with Crippen LogP contribution in [0.25, 0.3) is 0 Å². The van der Waals surface area contributed by atoms with Gasteiger partial charge in [0.25, 0.3) is 0 Å². The number of anilines is 2. The Labute approximate surface area is 150 Å². The van der Waals surface area contributed by atoms with Crippen LogP contribution in [0.15, 0.2) is 30.5 Å². The van der Waals surface area contributed by atoms with Crippen LogP contribution in [-0.2, 0) is 6.54 Å². The Bertz CT molecular complexity index is 723. The van der Waals surface area contributed by atoms with Crippen molar-refractivity contribution in [3.63, 3.8) is 0 Å². The molecule has 1 saturated heterocycles. The fourth-order valence-corrected chi connectivity index (χ4v) is 3.78. The summed E-state index contributed by atoms with van der Waals surface area (Å²) in [6.07, 6.45) is 4.02. The molecule has 1 aromatic carbocycles. The van der Waals surface area contributed by atoms with Crippen molar-refractivity contribution in [3.8, 4) is 0 Å². The minimum absolute atomic E-state index is 0.307. The van der Waals surface area contributed by atoms with Crippen LogP contribution in [0.2, 0.25) is 0 Å². The number of nitrogen functional groups attached to an aromatic ring is 1. The van der Waals surface area contributed by atoms with Crippen LogP contribution in [0.1, 0.15) is 17.7 Å². The number of nitrogens with two attached hydrogens (primary N) is 1. The van der Waals surface area contributed by atoms with E-state index in [1.54, 1.807) is 12.1 Å². The second kappa shape index (κ2) is 8.26. The van der Waals surface area contributed by atoms with Crippen molar-refractivity contribution in [2.24, 2.45) is 5.92 Å². The highest BCUT2D eigenvalue weighted by Crippen LogP contribution is 2.21. The third-order valence-corrected chi connectivity index (χ3v) is 5.00. The summed E-state index contributed by atoms with van der Waals surface area (Å²) in [4.78, 5) is 19.6. The number of halogens is 1. The molecule has 1 fully saturated rings. The van der Waals surface area contributed by atoms with Crippen LogP contribution in [0.5, 0.6) is 0 Å². The molecule has 4 N–H and O–H groups in total. The van der Waals surface area contributed by atoms with Gasteiger partial charge in [-0.15, -0.1) is 11.3 Å². The summed E-state index contributed by atoms with van der Waals surface area (Å²) in [5.74, 6) is 0.0294. The maximum absolute atomic E-state index is 13.1. The fraction of sp³-hybridized carbons (Fsp3) is 0.412. The minimum Gasteiger partial charge on any atom is -0.375 e. The van der Waals surface area contributed by atoms with E-state index >= 15 is 0 Å². The van der Waals surface area contributed by atoms with Gasteiger partial charge in [0.15, 0.2) is 5.13 Å². The first kappa shape index (κ1) is 17.6. The zero-order chi connectivity index (χ0) is 17.6. The molecule has 1 atom stereocenters. The van der Waals surface area contributed by atoms with Crippen LogP contribution < -0.4 is 16.4 Å². The van der Waals surface area contributed by atoms with Gasteiger partial charge < -0.3 is 16.4 Å². The maximum atomic E-state index is 13.1. The number of hydrogen-bond acceptors (Lipinski definition) is 5. The molecule has 2 amide bonds. The van der Waals surface area contributed by atoms with Crippen molar-refractivity contribution < 1.29 is 9.18 Å². The minimum atomic E-state index is -0.371. The van der Waals surface area contributed by atoms with Crippen LogP contribution in [0.4, 0.5) is 20.0 Å². The lowest BCUT2D eigenvalue weighted by molar-refractivity contribution is 0.167. The number of amides is 2. The molecule has 1 aliphatic rings. The average Bonchev–Trinajstić information content (AvgIpc) is 2.98. The lowest BCUT2D eigenvalue weighted by Crippen LogP contribution is -2.41. The quantitative estimate of drug-likeness (QED) is 0.763. The van der Waals surface area contributed by atoms with E-state index in [0.717, 1.165) is 37.4 Å². The van der Waals surface area contributed by atoms with E-state index in [4.69, 9.17) is 5.73 Å². The van der Waals surface area contributed by atoms with Crippen molar-refractivity contribution in [3.05, 3.63) is 41.2 Å². The van der Waals surface area contributed by atoms with Crippen LogP contribution in [-0.4, -0.2) is 35.5 Å². The smallest absolute Gasteiger partial charge is 0.319 e. The highest BCUT2D eigenvalue weighted by Gasteiger charge is 2.21. The second-order valence-corrected chi connectivity index (χ2v) is 7.40. The highest BCUT2D eigenvalue weighted by atomic mass is 32.1. The summed E-state index contributed by atoms with van der Waals surface area (Å²) in [5.41, 5.74) is 6.13. The summed E-state index contributed by atoms with van der Waals surface area (Å²) >= 11 is 1.52. The summed E-state index contributed by atoms with van der Waals surface area (Å²) in [6, 6.07) is 5.55. The molecular weight excluding hydrogens is 341 g/mol. The predicted molar refractivity (Wildman–Crippen MR) is 97.9 cm³/mol. The van der Waals surface area contributed by atoms with Crippen molar-refractivity contribution in [1.29, 1.82) is 0 Å². The molecule has 1 aromatic heterocycles. The first-order chi connectivity index (χ1) is 12.1. The average molecular weight is 363 g/mol. The molecule has 25 heavy (non-hydrogen) atoms. The molecule has 1 aliphatic heterocycles. The predicted octanol–water partition coefficient (Wildman–Crippen LogP) is 2.90. The van der Waals surface area contributed by atoms with E-state index in [1.165, 1.54) is 23.5 Å². The number of benzene rings is 1. The van der Waals surface area contributed by atoms with Crippen molar-refractivity contribution in [2.45, 2.75) is 19.4 Å². The molecule has 0 spiro atoms. The third-order valence-electron chi connectivity index (χ3n) is 4.19. The van der Waals surface area contributed by atoms with Crippen molar-refractivity contribution in [2.75, 3.05) is 30.7 Å². The number of urea groups is 1. The molecule has 0 aliphatic carbocycles. The maximum Gasteiger partial charge on any atom is 0.319 e. The van der Waals surface area contributed by atoms with Gasteiger partial charge in [0.1, 0.15) is 5.82 Å². The van der Waals surface area contributed by atoms with Gasteiger partial charge in [-0.05, 0) is 43.5 Å². The number of carbonyl (C=O) groups excluding carboxylic acids is 1. The number of hydrogen-bond donors (Lipinski definition) is 3. The SMILES string of the molecule is Nc1ncc(CN2CCCC(CNC(=O)Nc3cccc(F)c3)C2)s1. The Kier molecular flexibility index (Phi) is 5.83. The molecule has 2 aromatic rings. The molecule has 8 heteroatoms. The van der Waals surface area contributed by atoms with Gasteiger partial charge in [-0.3, -0.25) is 4.90 Å². The summed E-state index contributed by atoms with van der Waals surface area (Å²) in [7, 11) is 0. The number of nitrogens with zero attached hydrogens (tertiary/aromatic N) is 2. The van der Waals surface area contributed by atoms with E-state index in [2.05, 4.69) is 20.5 Å². The van der Waals surface area contributed by atoms with Gasteiger partial charge in [-0.25, -0.2) is 14.2 Å². The lowest BCUT2D eigenvalue weighted by atomic mass is 9.98. The molecule has 1 unspecified atom stereocenters. The molecule has 0 bridgehead atoms. The Morgan fingerprint density at radius 2 is 2.36 bits per heavy atom. The van der Waals surface area contributed by atoms with E-state index in [0.29, 0.717) is 23.3 Å². The molecular formula is C17H22FN5OS. The number of rotatable bonds is 5. The zero-order valence-electron chi connectivity index (χ0n) is 13.9. The van der Waals surface area contributed by atoms with Crippen LogP contribution in [0.3, 0.4) is 0 Å². The normalized spacial score (nSPS) is 18.0. The van der Waals surface area contributed by atoms with E-state index in [-0.39, 0.29) is 11.8 Å². The number of aromatic nitrogens is 1. The van der Waals surface area contributed by atoms with Gasteiger partial charge in [-0.1, -0.05) is 6.07 Å². The van der Waals surface area contributed by atoms with Crippen molar-refractivity contribution in [1.82, 2.24) is 15.2 Å². The molecule has 3 rings (SSSR count). The highest BCUT2D eigenvalue weighted by molar-refractivity contribution is 7.15. The van der Waals surface area contributed by atoms with Gasteiger partial charge in [0.05, 0.1) is 0 Å². The summed E-state index contributed by atoms with van der Waals surface area (Å²) in [5, 5.41) is 6.13. The summed E-state index contributed by atoms with van der Waals surface area (Å²) in [6.45, 7) is 3.42. The Hall–Kier alpha value is -2.19. The monoisotopic (exact) mass is 363 g/mol. The standard InChI is InChI=1S/C17H22FN5OS/c18-13-4-1-5-14(7-13)22-17(24)21-8-12-3-2-6-23(10-12)11-15-9-20-16(19)25-15/h1,4-5,7,9,12H,2-3,6,8,10-11H2,(H2,19,20)(H2,21,22,24). The number of nitrogens with one attached hydrogen (secondary N) is 2. The number of piperidine rings is 1. The number of carbonyl (C=O) groups is 1. The van der Waals surface area contributed by atoms with Gasteiger partial charge in [0.2, 0.25) is 0 Å². The molecule has 0 saturated carbocycles. The summed E-state index contributed by atoms with van der Waals surface area (Å²) < 4.78 is 13.1. The first-order valence-electron chi connectivity index (χ1n) is 8.31. The molecule has 6 nitrogen and oxygen atoms in total. The van der Waals surface area contributed by atoms with Gasteiger partial charge >= 0.3 is 6.03 Å². The van der Waals surface area contributed by atoms with E-state index in [1.807, 2.05) is 6.20 Å². The fourth-order valence-electron chi connectivity index (χ4n) is 3.06. The van der Waals surface area contributed by atoms with Crippen LogP contribution >= 0.6 is 11.3 Å². The third kappa shape index (κ3) is 5.40. The molecule has 134 valence electrons. The number of likely N-dealkylation sites (tertiary alicyclic amines) is 1. The van der Waals surface area contributed by atoms with E-state index in [9.17, 15) is 9.18 Å². The van der Waals surface area contributed by atoms with E-state index < -0.39 is 0 Å². The van der Waals surface area contributed by atoms with Crippen LogP contribution in [0, 0.1) is 11.7 Å². The van der Waals surface area contributed by atoms with Gasteiger partial charge in [0, 0.05) is 36.4 Å². The number of thiazole rings is 1. The van der Waals surface area contributed by atoms with Gasteiger partial charge in [-0.2, -0.15) is 0 Å². The first-order valence-corrected chi connectivity index (χ1v) is 9.13.